The highest BCUT2D eigenvalue weighted by atomic mass is 32.2. The predicted molar refractivity (Wildman–Crippen MR) is 123 cm³/mol. The van der Waals surface area contributed by atoms with Crippen molar-refractivity contribution in [2.24, 2.45) is 0 Å². The molecule has 1 aliphatic carbocycles. The lowest BCUT2D eigenvalue weighted by Crippen LogP contribution is -2.22. The summed E-state index contributed by atoms with van der Waals surface area (Å²) >= 11 is 1.70. The van der Waals surface area contributed by atoms with E-state index in [2.05, 4.69) is 35.7 Å². The minimum absolute atomic E-state index is 0.0779. The second-order valence-electron chi connectivity index (χ2n) is 7.17. The first kappa shape index (κ1) is 20.2. The van der Waals surface area contributed by atoms with Gasteiger partial charge >= 0.3 is 0 Å². The Labute approximate surface area is 180 Å². The Morgan fingerprint density at radius 1 is 1.00 bits per heavy atom. The highest BCUT2D eigenvalue weighted by molar-refractivity contribution is 7.98. The molecule has 3 aromatic rings. The fourth-order valence-corrected chi connectivity index (χ4v) is 3.96. The second kappa shape index (κ2) is 9.14. The fourth-order valence-electron chi connectivity index (χ4n) is 3.55. The standard InChI is InChI=1S/C26H22FNOS/c1-30-23-10-7-18(8-11-23)13-20-14-21(25-16-22(27)9-12-24(20)25)15-26(29)28-17-19-5-3-2-4-6-19/h2-14,16H,15,17H2,1H3,(H,28,29)/b20-13+. The summed E-state index contributed by atoms with van der Waals surface area (Å²) in [5, 5.41) is 2.95. The van der Waals surface area contributed by atoms with Crippen LogP contribution in [0.15, 0.2) is 83.8 Å². The molecule has 0 spiro atoms. The van der Waals surface area contributed by atoms with Crippen LogP contribution in [0.3, 0.4) is 0 Å². The number of carbonyl (C=O) groups excluding carboxylic acids is 1. The molecule has 0 saturated carbocycles. The van der Waals surface area contributed by atoms with Crippen LogP contribution >= 0.6 is 11.8 Å². The van der Waals surface area contributed by atoms with E-state index < -0.39 is 0 Å². The van der Waals surface area contributed by atoms with Crippen molar-refractivity contribution in [3.63, 3.8) is 0 Å². The molecule has 0 atom stereocenters. The molecule has 0 unspecified atom stereocenters. The molecule has 150 valence electrons. The van der Waals surface area contributed by atoms with Gasteiger partial charge in [-0.25, -0.2) is 4.39 Å². The zero-order valence-electron chi connectivity index (χ0n) is 16.7. The summed E-state index contributed by atoms with van der Waals surface area (Å²) in [5.41, 5.74) is 5.69. The lowest BCUT2D eigenvalue weighted by atomic mass is 10.0. The van der Waals surface area contributed by atoms with E-state index in [4.69, 9.17) is 0 Å². The highest BCUT2D eigenvalue weighted by Crippen LogP contribution is 2.38. The summed E-state index contributed by atoms with van der Waals surface area (Å²) in [5.74, 6) is -0.374. The summed E-state index contributed by atoms with van der Waals surface area (Å²) in [6.07, 6.45) is 6.34. The maximum atomic E-state index is 13.9. The van der Waals surface area contributed by atoms with Crippen LogP contribution < -0.4 is 5.32 Å². The zero-order valence-corrected chi connectivity index (χ0v) is 17.5. The van der Waals surface area contributed by atoms with Gasteiger partial charge in [0, 0.05) is 11.4 Å². The second-order valence-corrected chi connectivity index (χ2v) is 8.05. The molecule has 2 nitrogen and oxygen atoms in total. The highest BCUT2D eigenvalue weighted by Gasteiger charge is 2.21. The third kappa shape index (κ3) is 4.71. The molecule has 0 bridgehead atoms. The van der Waals surface area contributed by atoms with Crippen molar-refractivity contribution >= 4 is 34.9 Å². The van der Waals surface area contributed by atoms with Gasteiger partial charge in [-0.05, 0) is 76.1 Å². The number of benzene rings is 3. The lowest BCUT2D eigenvalue weighted by molar-refractivity contribution is -0.120. The number of hydrogen-bond donors (Lipinski definition) is 1. The van der Waals surface area contributed by atoms with Crippen LogP contribution in [0.4, 0.5) is 4.39 Å². The summed E-state index contributed by atoms with van der Waals surface area (Å²) in [7, 11) is 0. The minimum Gasteiger partial charge on any atom is -0.352 e. The van der Waals surface area contributed by atoms with Crippen LogP contribution in [0.2, 0.25) is 0 Å². The van der Waals surface area contributed by atoms with E-state index in [9.17, 15) is 9.18 Å². The van der Waals surface area contributed by atoms with E-state index >= 15 is 0 Å². The van der Waals surface area contributed by atoms with Gasteiger partial charge in [-0.2, -0.15) is 0 Å². The third-order valence-corrected chi connectivity index (χ3v) is 5.83. The average Bonchev–Trinajstić information content (AvgIpc) is 3.09. The lowest BCUT2D eigenvalue weighted by Gasteiger charge is -2.08. The molecule has 0 heterocycles. The van der Waals surface area contributed by atoms with Gasteiger partial charge in [0.2, 0.25) is 5.91 Å². The molecule has 4 heteroatoms. The van der Waals surface area contributed by atoms with Gasteiger partial charge < -0.3 is 5.32 Å². The first-order valence-corrected chi connectivity index (χ1v) is 11.0. The molecule has 0 saturated heterocycles. The number of rotatable bonds is 6. The van der Waals surface area contributed by atoms with Gasteiger partial charge in [-0.1, -0.05) is 48.5 Å². The quantitative estimate of drug-likeness (QED) is 0.486. The van der Waals surface area contributed by atoms with Crippen molar-refractivity contribution in [1.82, 2.24) is 5.32 Å². The number of fused-ring (bicyclic) bond motifs is 1. The topological polar surface area (TPSA) is 29.1 Å². The van der Waals surface area contributed by atoms with Crippen molar-refractivity contribution in [1.29, 1.82) is 0 Å². The number of carbonyl (C=O) groups is 1. The third-order valence-electron chi connectivity index (χ3n) is 5.09. The van der Waals surface area contributed by atoms with Crippen molar-refractivity contribution in [3.05, 3.63) is 107 Å². The van der Waals surface area contributed by atoms with E-state index in [0.29, 0.717) is 6.54 Å². The van der Waals surface area contributed by atoms with Gasteiger partial charge in [0.1, 0.15) is 5.82 Å². The maximum Gasteiger partial charge on any atom is 0.224 e. The van der Waals surface area contributed by atoms with E-state index in [1.54, 1.807) is 17.8 Å². The fraction of sp³-hybridized carbons (Fsp3) is 0.115. The Kier molecular flexibility index (Phi) is 6.15. The van der Waals surface area contributed by atoms with E-state index in [0.717, 1.165) is 33.4 Å². The number of amides is 1. The van der Waals surface area contributed by atoms with Crippen molar-refractivity contribution in [3.8, 4) is 0 Å². The van der Waals surface area contributed by atoms with Crippen LogP contribution in [0.5, 0.6) is 0 Å². The van der Waals surface area contributed by atoms with Crippen LogP contribution in [0.25, 0.3) is 17.2 Å². The molecule has 1 amide bonds. The van der Waals surface area contributed by atoms with Gasteiger partial charge in [-0.3, -0.25) is 4.79 Å². The molecule has 4 rings (SSSR count). The molecule has 0 radical (unpaired) electrons. The summed E-state index contributed by atoms with van der Waals surface area (Å²) in [6, 6.07) is 22.9. The van der Waals surface area contributed by atoms with E-state index in [-0.39, 0.29) is 18.1 Å². The van der Waals surface area contributed by atoms with Crippen LogP contribution in [-0.4, -0.2) is 12.2 Å². The molecule has 0 aromatic heterocycles. The average molecular weight is 416 g/mol. The van der Waals surface area contributed by atoms with Crippen LogP contribution in [-0.2, 0) is 11.3 Å². The van der Waals surface area contributed by atoms with Crippen LogP contribution in [0, 0.1) is 5.82 Å². The molecule has 3 aromatic carbocycles. The van der Waals surface area contributed by atoms with Crippen molar-refractivity contribution in [2.75, 3.05) is 6.26 Å². The maximum absolute atomic E-state index is 13.9. The Bertz CT molecular complexity index is 1120. The first-order valence-electron chi connectivity index (χ1n) is 9.79. The van der Waals surface area contributed by atoms with E-state index in [1.165, 1.54) is 17.0 Å². The predicted octanol–water partition coefficient (Wildman–Crippen LogP) is 6.19. The zero-order chi connectivity index (χ0) is 20.9. The summed E-state index contributed by atoms with van der Waals surface area (Å²) in [4.78, 5) is 13.7. The number of nitrogens with one attached hydrogen (secondary N) is 1. The molecule has 1 aliphatic rings. The smallest absolute Gasteiger partial charge is 0.224 e. The Morgan fingerprint density at radius 3 is 2.50 bits per heavy atom. The molecule has 30 heavy (non-hydrogen) atoms. The van der Waals surface area contributed by atoms with Gasteiger partial charge in [0.15, 0.2) is 0 Å². The van der Waals surface area contributed by atoms with Gasteiger partial charge in [-0.15, -0.1) is 11.8 Å². The SMILES string of the molecule is CSc1ccc(/C=C2\C=C(CC(=O)NCc3ccccc3)c3cc(F)ccc32)cc1. The monoisotopic (exact) mass is 415 g/mol. The minimum atomic E-state index is -0.296. The van der Waals surface area contributed by atoms with Crippen molar-refractivity contribution < 1.29 is 9.18 Å². The van der Waals surface area contributed by atoms with E-state index in [1.807, 2.05) is 42.7 Å². The number of allylic oxidation sites excluding steroid dienone is 2. The number of thioether (sulfide) groups is 1. The molecular formula is C26H22FNOS. The first-order chi connectivity index (χ1) is 14.6. The molecule has 0 fully saturated rings. The Balaban J connectivity index is 1.55. The molecule has 0 aliphatic heterocycles. The van der Waals surface area contributed by atoms with Crippen LogP contribution in [0.1, 0.15) is 28.7 Å². The molecular weight excluding hydrogens is 393 g/mol. The van der Waals surface area contributed by atoms with Gasteiger partial charge in [0.05, 0.1) is 6.42 Å². The van der Waals surface area contributed by atoms with Crippen molar-refractivity contribution in [2.45, 2.75) is 17.9 Å². The Morgan fingerprint density at radius 2 is 1.77 bits per heavy atom. The summed E-state index contributed by atoms with van der Waals surface area (Å²) in [6.45, 7) is 0.480. The summed E-state index contributed by atoms with van der Waals surface area (Å²) < 4.78 is 13.9. The number of hydrogen-bond acceptors (Lipinski definition) is 2. The Hall–Kier alpha value is -3.11. The molecule has 1 N–H and O–H groups in total. The largest absolute Gasteiger partial charge is 0.352 e. The number of halogens is 1. The normalized spacial score (nSPS) is 13.8. The van der Waals surface area contributed by atoms with Gasteiger partial charge in [0.25, 0.3) is 0 Å².